The molecule has 0 spiro atoms. The van der Waals surface area contributed by atoms with Crippen molar-refractivity contribution in [3.8, 4) is 0 Å². The number of nitrogens with two attached hydrogens (primary N) is 1. The van der Waals surface area contributed by atoms with Crippen molar-refractivity contribution in [1.82, 2.24) is 0 Å². The molecule has 1 amide bonds. The molecule has 0 heterocycles. The van der Waals surface area contributed by atoms with Crippen LogP contribution in [0.3, 0.4) is 0 Å². The molecule has 0 fully saturated rings. The standard InChI is InChI=1S/C4H9NO2S/c1-3(8)7-2-4(5)6/h3,8H,2H2,1H3,(H2,5,6)/t3-/m1/s1. The second-order valence-electron chi connectivity index (χ2n) is 1.38. The zero-order chi connectivity index (χ0) is 6.57. The lowest BCUT2D eigenvalue weighted by Gasteiger charge is -2.01. The first-order valence-corrected chi connectivity index (χ1v) is 2.72. The molecule has 0 aromatic carbocycles. The van der Waals surface area contributed by atoms with E-state index in [1.54, 1.807) is 6.92 Å². The van der Waals surface area contributed by atoms with E-state index in [9.17, 15) is 4.79 Å². The monoisotopic (exact) mass is 135 g/mol. The van der Waals surface area contributed by atoms with Gasteiger partial charge in [0, 0.05) is 0 Å². The summed E-state index contributed by atoms with van der Waals surface area (Å²) in [7, 11) is 0. The Bertz CT molecular complexity index is 84.1. The summed E-state index contributed by atoms with van der Waals surface area (Å²) in [5.74, 6) is -0.467. The fraction of sp³-hybridized carbons (Fsp3) is 0.750. The third-order valence-corrected chi connectivity index (χ3v) is 0.616. The van der Waals surface area contributed by atoms with Gasteiger partial charge in [0.25, 0.3) is 0 Å². The van der Waals surface area contributed by atoms with Gasteiger partial charge in [0.1, 0.15) is 6.61 Å². The maximum atomic E-state index is 9.97. The predicted octanol–water partition coefficient (Wildman–Crippen LogP) is -0.236. The summed E-state index contributed by atoms with van der Waals surface area (Å²) < 4.78 is 4.69. The van der Waals surface area contributed by atoms with Gasteiger partial charge in [-0.3, -0.25) is 4.79 Å². The lowest BCUT2D eigenvalue weighted by Crippen LogP contribution is -2.19. The highest BCUT2D eigenvalue weighted by Crippen LogP contribution is 1.92. The number of amides is 1. The van der Waals surface area contributed by atoms with E-state index in [0.29, 0.717) is 0 Å². The lowest BCUT2D eigenvalue weighted by atomic mass is 10.7. The van der Waals surface area contributed by atoms with Crippen LogP contribution in [0.5, 0.6) is 0 Å². The van der Waals surface area contributed by atoms with Crippen molar-refractivity contribution >= 4 is 18.5 Å². The van der Waals surface area contributed by atoms with Crippen molar-refractivity contribution in [3.63, 3.8) is 0 Å². The highest BCUT2D eigenvalue weighted by Gasteiger charge is 1.95. The van der Waals surface area contributed by atoms with Crippen LogP contribution in [0.15, 0.2) is 0 Å². The first-order valence-electron chi connectivity index (χ1n) is 2.21. The smallest absolute Gasteiger partial charge is 0.243 e. The SMILES string of the molecule is C[C@@H](S)OCC(N)=O. The molecular formula is C4H9NO2S. The van der Waals surface area contributed by atoms with Crippen LogP contribution in [-0.2, 0) is 9.53 Å². The highest BCUT2D eigenvalue weighted by atomic mass is 32.1. The van der Waals surface area contributed by atoms with E-state index in [1.165, 1.54) is 0 Å². The molecule has 0 aromatic rings. The van der Waals surface area contributed by atoms with Gasteiger partial charge in [-0.25, -0.2) is 0 Å². The normalized spacial score (nSPS) is 13.2. The summed E-state index contributed by atoms with van der Waals surface area (Å²) in [6.45, 7) is 1.66. The average Bonchev–Trinajstić information content (AvgIpc) is 1.61. The van der Waals surface area contributed by atoms with Crippen molar-refractivity contribution in [2.75, 3.05) is 6.61 Å². The molecule has 0 unspecified atom stereocenters. The largest absolute Gasteiger partial charge is 0.368 e. The van der Waals surface area contributed by atoms with Gasteiger partial charge in [0.05, 0.1) is 5.44 Å². The van der Waals surface area contributed by atoms with Crippen LogP contribution < -0.4 is 5.73 Å². The van der Waals surface area contributed by atoms with E-state index in [-0.39, 0.29) is 12.0 Å². The van der Waals surface area contributed by atoms with Crippen LogP contribution in [0.4, 0.5) is 0 Å². The fourth-order valence-corrected chi connectivity index (χ4v) is 0.277. The van der Waals surface area contributed by atoms with Gasteiger partial charge >= 0.3 is 0 Å². The molecule has 0 saturated carbocycles. The number of ether oxygens (including phenoxy) is 1. The Morgan fingerprint density at radius 1 is 2.00 bits per heavy atom. The molecule has 8 heavy (non-hydrogen) atoms. The molecule has 3 nitrogen and oxygen atoms in total. The Morgan fingerprint density at radius 3 is 2.62 bits per heavy atom. The molecule has 0 aliphatic rings. The number of thiol groups is 1. The third kappa shape index (κ3) is 5.78. The molecule has 1 atom stereocenters. The van der Waals surface area contributed by atoms with Crippen LogP contribution >= 0.6 is 12.6 Å². The number of carbonyl (C=O) groups excluding carboxylic acids is 1. The van der Waals surface area contributed by atoms with E-state index in [1.807, 2.05) is 0 Å². The van der Waals surface area contributed by atoms with E-state index in [4.69, 9.17) is 10.5 Å². The quantitative estimate of drug-likeness (QED) is 0.414. The Kier molecular flexibility index (Phi) is 3.64. The third-order valence-electron chi connectivity index (χ3n) is 0.467. The van der Waals surface area contributed by atoms with Crippen molar-refractivity contribution in [3.05, 3.63) is 0 Å². The van der Waals surface area contributed by atoms with Crippen LogP contribution in [0.1, 0.15) is 6.92 Å². The van der Waals surface area contributed by atoms with Gasteiger partial charge < -0.3 is 10.5 Å². The summed E-state index contributed by atoms with van der Waals surface area (Å²) in [5, 5.41) is 0. The van der Waals surface area contributed by atoms with Crippen molar-refractivity contribution in [2.24, 2.45) is 5.73 Å². The van der Waals surface area contributed by atoms with Crippen LogP contribution in [0.2, 0.25) is 0 Å². The molecule has 0 saturated heterocycles. The minimum absolute atomic E-state index is 0.0509. The molecule has 48 valence electrons. The van der Waals surface area contributed by atoms with Crippen LogP contribution in [0, 0.1) is 0 Å². The minimum Gasteiger partial charge on any atom is -0.368 e. The molecule has 0 rings (SSSR count). The van der Waals surface area contributed by atoms with Gasteiger partial charge in [-0.05, 0) is 6.92 Å². The van der Waals surface area contributed by atoms with Crippen molar-refractivity contribution in [2.45, 2.75) is 12.4 Å². The highest BCUT2D eigenvalue weighted by molar-refractivity contribution is 7.80. The maximum absolute atomic E-state index is 9.97. The summed E-state index contributed by atoms with van der Waals surface area (Å²) in [4.78, 5) is 9.97. The molecule has 0 aromatic heterocycles. The van der Waals surface area contributed by atoms with E-state index in [2.05, 4.69) is 12.6 Å². The van der Waals surface area contributed by atoms with Gasteiger partial charge in [-0.1, -0.05) is 0 Å². The average molecular weight is 135 g/mol. The zero-order valence-electron chi connectivity index (χ0n) is 4.63. The van der Waals surface area contributed by atoms with Gasteiger partial charge in [0.15, 0.2) is 0 Å². The summed E-state index contributed by atoms with van der Waals surface area (Å²) in [6.07, 6.45) is 0. The molecule has 0 aliphatic heterocycles. The number of rotatable bonds is 3. The van der Waals surface area contributed by atoms with Crippen LogP contribution in [-0.4, -0.2) is 18.0 Å². The summed E-state index contributed by atoms with van der Waals surface area (Å²) in [5.41, 5.74) is 4.52. The van der Waals surface area contributed by atoms with Gasteiger partial charge in [-0.2, -0.15) is 0 Å². The number of hydrogen-bond donors (Lipinski definition) is 2. The Morgan fingerprint density at radius 2 is 2.50 bits per heavy atom. The first-order chi connectivity index (χ1) is 3.63. The lowest BCUT2D eigenvalue weighted by molar-refractivity contribution is -0.122. The summed E-state index contributed by atoms with van der Waals surface area (Å²) in [6, 6.07) is 0. The van der Waals surface area contributed by atoms with Crippen molar-refractivity contribution < 1.29 is 9.53 Å². The number of carbonyl (C=O) groups is 1. The van der Waals surface area contributed by atoms with Gasteiger partial charge in [0.2, 0.25) is 5.91 Å². The van der Waals surface area contributed by atoms with Crippen LogP contribution in [0.25, 0.3) is 0 Å². The predicted molar refractivity (Wildman–Crippen MR) is 33.6 cm³/mol. The second kappa shape index (κ2) is 3.74. The topological polar surface area (TPSA) is 52.3 Å². The number of primary amides is 1. The zero-order valence-corrected chi connectivity index (χ0v) is 5.52. The Hall–Kier alpha value is -0.220. The summed E-state index contributed by atoms with van der Waals surface area (Å²) >= 11 is 3.84. The number of hydrogen-bond acceptors (Lipinski definition) is 3. The Balaban J connectivity index is 3.05. The van der Waals surface area contributed by atoms with Crippen molar-refractivity contribution in [1.29, 1.82) is 0 Å². The van der Waals surface area contributed by atoms with E-state index >= 15 is 0 Å². The molecule has 0 radical (unpaired) electrons. The maximum Gasteiger partial charge on any atom is 0.243 e. The minimum atomic E-state index is -0.467. The molecule has 2 N–H and O–H groups in total. The molecular weight excluding hydrogens is 126 g/mol. The fourth-order valence-electron chi connectivity index (χ4n) is 0.203. The molecule has 4 heteroatoms. The van der Waals surface area contributed by atoms with E-state index < -0.39 is 5.91 Å². The molecule has 0 bridgehead atoms. The Labute approximate surface area is 53.6 Å². The van der Waals surface area contributed by atoms with Gasteiger partial charge in [-0.15, -0.1) is 12.6 Å². The first kappa shape index (κ1) is 7.78. The second-order valence-corrected chi connectivity index (χ2v) is 2.10. The van der Waals surface area contributed by atoms with E-state index in [0.717, 1.165) is 0 Å². The molecule has 0 aliphatic carbocycles.